The van der Waals surface area contributed by atoms with Crippen LogP contribution in [0.1, 0.15) is 40.5 Å². The third-order valence-corrected chi connectivity index (χ3v) is 2.57. The van der Waals surface area contributed by atoms with Gasteiger partial charge in [0.05, 0.1) is 19.3 Å². The number of nitrogens with one attached hydrogen (secondary N) is 2. The van der Waals surface area contributed by atoms with Crippen molar-refractivity contribution in [1.82, 2.24) is 10.6 Å². The maximum atomic E-state index is 11.6. The Morgan fingerprint density at radius 3 is 2.19 bits per heavy atom. The minimum atomic E-state index is -1.08. The van der Waals surface area contributed by atoms with Gasteiger partial charge in [-0.25, -0.2) is 4.79 Å². The lowest BCUT2D eigenvalue weighted by Gasteiger charge is -2.16. The summed E-state index contributed by atoms with van der Waals surface area (Å²) in [6.45, 7) is 7.54. The van der Waals surface area contributed by atoms with E-state index in [1.165, 1.54) is 0 Å². The summed E-state index contributed by atoms with van der Waals surface area (Å²) in [5, 5.41) is 13.8. The van der Waals surface area contributed by atoms with Crippen molar-refractivity contribution in [2.45, 2.75) is 52.7 Å². The standard InChI is InChI=1S/C14H26N2O5/c1-9(2)7-11(14(19)20)16-13(18)8-15-12(17)5-6-21-10(3)4/h9-11H,5-8H2,1-4H3,(H,15,17)(H,16,18)(H,19,20)/t11-/m0/s1. The Kier molecular flexibility index (Phi) is 9.36. The van der Waals surface area contributed by atoms with Gasteiger partial charge in [0, 0.05) is 6.42 Å². The van der Waals surface area contributed by atoms with Crippen LogP contribution in [0.15, 0.2) is 0 Å². The second-order valence-electron chi connectivity index (χ2n) is 5.53. The monoisotopic (exact) mass is 302 g/mol. The Hall–Kier alpha value is -1.63. The van der Waals surface area contributed by atoms with Crippen LogP contribution in [0, 0.1) is 5.92 Å². The third kappa shape index (κ3) is 10.8. The molecule has 0 aliphatic heterocycles. The second kappa shape index (κ2) is 10.1. The van der Waals surface area contributed by atoms with Crippen molar-refractivity contribution in [2.75, 3.05) is 13.2 Å². The number of rotatable bonds is 10. The fourth-order valence-electron chi connectivity index (χ4n) is 1.59. The Bertz CT molecular complexity index is 355. The highest BCUT2D eigenvalue weighted by atomic mass is 16.5. The molecule has 2 amide bonds. The first-order valence-corrected chi connectivity index (χ1v) is 7.12. The zero-order chi connectivity index (χ0) is 16.4. The van der Waals surface area contributed by atoms with Crippen LogP contribution in [0.4, 0.5) is 0 Å². The molecular weight excluding hydrogens is 276 g/mol. The summed E-state index contributed by atoms with van der Waals surface area (Å²) in [7, 11) is 0. The fraction of sp³-hybridized carbons (Fsp3) is 0.786. The lowest BCUT2D eigenvalue weighted by atomic mass is 10.0. The Morgan fingerprint density at radius 1 is 1.10 bits per heavy atom. The van der Waals surface area contributed by atoms with Crippen molar-refractivity contribution in [2.24, 2.45) is 5.92 Å². The Morgan fingerprint density at radius 2 is 1.71 bits per heavy atom. The number of aliphatic carboxylic acids is 1. The average Bonchev–Trinajstić information content (AvgIpc) is 2.34. The molecule has 7 heteroatoms. The van der Waals surface area contributed by atoms with E-state index in [1.54, 1.807) is 0 Å². The molecule has 0 aromatic heterocycles. The van der Waals surface area contributed by atoms with Gasteiger partial charge in [0.1, 0.15) is 6.04 Å². The highest BCUT2D eigenvalue weighted by Gasteiger charge is 2.21. The van der Waals surface area contributed by atoms with E-state index < -0.39 is 17.9 Å². The molecule has 122 valence electrons. The molecule has 0 heterocycles. The van der Waals surface area contributed by atoms with Gasteiger partial charge in [-0.05, 0) is 26.2 Å². The maximum absolute atomic E-state index is 11.6. The molecule has 1 atom stereocenters. The van der Waals surface area contributed by atoms with Crippen LogP contribution in [-0.4, -0.2) is 48.2 Å². The van der Waals surface area contributed by atoms with E-state index in [0.717, 1.165) is 0 Å². The van der Waals surface area contributed by atoms with Gasteiger partial charge >= 0.3 is 5.97 Å². The zero-order valence-electron chi connectivity index (χ0n) is 13.1. The molecule has 0 spiro atoms. The Balaban J connectivity index is 4.01. The van der Waals surface area contributed by atoms with E-state index in [1.807, 2.05) is 27.7 Å². The van der Waals surface area contributed by atoms with Gasteiger partial charge in [-0.3, -0.25) is 9.59 Å². The van der Waals surface area contributed by atoms with Crippen LogP contribution >= 0.6 is 0 Å². The third-order valence-electron chi connectivity index (χ3n) is 2.57. The van der Waals surface area contributed by atoms with E-state index in [-0.39, 0.29) is 37.5 Å². The van der Waals surface area contributed by atoms with Crippen LogP contribution in [0.25, 0.3) is 0 Å². The molecule has 0 aromatic carbocycles. The van der Waals surface area contributed by atoms with Gasteiger partial charge in [-0.15, -0.1) is 0 Å². The molecule has 21 heavy (non-hydrogen) atoms. The van der Waals surface area contributed by atoms with E-state index in [4.69, 9.17) is 9.84 Å². The molecule has 7 nitrogen and oxygen atoms in total. The summed E-state index contributed by atoms with van der Waals surface area (Å²) in [5.74, 6) is -1.74. The molecular formula is C14H26N2O5. The van der Waals surface area contributed by atoms with Gasteiger partial charge in [0.2, 0.25) is 11.8 Å². The first-order valence-electron chi connectivity index (χ1n) is 7.12. The lowest BCUT2D eigenvalue weighted by Crippen LogP contribution is -2.46. The molecule has 3 N–H and O–H groups in total. The number of carboxylic acid groups (broad SMARTS) is 1. The second-order valence-corrected chi connectivity index (χ2v) is 5.53. The van der Waals surface area contributed by atoms with Crippen molar-refractivity contribution in [3.63, 3.8) is 0 Å². The van der Waals surface area contributed by atoms with Gasteiger partial charge in [0.15, 0.2) is 0 Å². The lowest BCUT2D eigenvalue weighted by molar-refractivity contribution is -0.142. The van der Waals surface area contributed by atoms with Crippen LogP contribution in [-0.2, 0) is 19.1 Å². The summed E-state index contributed by atoms with van der Waals surface area (Å²) in [4.78, 5) is 34.0. The SMILES string of the molecule is CC(C)C[C@H](NC(=O)CNC(=O)CCOC(C)C)C(=O)O. The average molecular weight is 302 g/mol. The zero-order valence-corrected chi connectivity index (χ0v) is 13.1. The topological polar surface area (TPSA) is 105 Å². The van der Waals surface area contributed by atoms with Crippen molar-refractivity contribution < 1.29 is 24.2 Å². The van der Waals surface area contributed by atoms with Crippen molar-refractivity contribution in [3.8, 4) is 0 Å². The van der Waals surface area contributed by atoms with Gasteiger partial charge < -0.3 is 20.5 Å². The number of ether oxygens (including phenoxy) is 1. The number of carbonyl (C=O) groups is 3. The van der Waals surface area contributed by atoms with Crippen molar-refractivity contribution in [3.05, 3.63) is 0 Å². The highest BCUT2D eigenvalue weighted by molar-refractivity contribution is 5.87. The molecule has 0 saturated carbocycles. The first kappa shape index (κ1) is 19.4. The summed E-state index contributed by atoms with van der Waals surface area (Å²) in [6.07, 6.45) is 0.560. The van der Waals surface area contributed by atoms with Crippen LogP contribution < -0.4 is 10.6 Å². The van der Waals surface area contributed by atoms with Gasteiger partial charge in [0.25, 0.3) is 0 Å². The van der Waals surface area contributed by atoms with Crippen molar-refractivity contribution >= 4 is 17.8 Å². The molecule has 0 aliphatic carbocycles. The smallest absolute Gasteiger partial charge is 0.326 e. The largest absolute Gasteiger partial charge is 0.480 e. The van der Waals surface area contributed by atoms with E-state index in [0.29, 0.717) is 6.42 Å². The molecule has 0 aromatic rings. The number of hydrogen-bond donors (Lipinski definition) is 3. The molecule has 0 rings (SSSR count). The molecule has 0 saturated heterocycles. The van der Waals surface area contributed by atoms with Gasteiger partial charge in [-0.2, -0.15) is 0 Å². The van der Waals surface area contributed by atoms with Crippen molar-refractivity contribution in [1.29, 1.82) is 0 Å². The number of amides is 2. The first-order chi connectivity index (χ1) is 9.72. The number of hydrogen-bond acceptors (Lipinski definition) is 4. The summed E-state index contributed by atoms with van der Waals surface area (Å²) < 4.78 is 5.22. The predicted octanol–water partition coefficient (Wildman–Crippen LogP) is 0.533. The molecule has 0 aliphatic rings. The number of carboxylic acids is 1. The number of carbonyl (C=O) groups excluding carboxylic acids is 2. The maximum Gasteiger partial charge on any atom is 0.326 e. The highest BCUT2D eigenvalue weighted by Crippen LogP contribution is 2.04. The fourth-order valence-corrected chi connectivity index (χ4v) is 1.59. The quantitative estimate of drug-likeness (QED) is 0.546. The molecule has 0 radical (unpaired) electrons. The van der Waals surface area contributed by atoms with Crippen LogP contribution in [0.2, 0.25) is 0 Å². The van der Waals surface area contributed by atoms with Crippen LogP contribution in [0.5, 0.6) is 0 Å². The van der Waals surface area contributed by atoms with E-state index >= 15 is 0 Å². The van der Waals surface area contributed by atoms with Crippen LogP contribution in [0.3, 0.4) is 0 Å². The summed E-state index contributed by atoms with van der Waals surface area (Å²) in [5.41, 5.74) is 0. The van der Waals surface area contributed by atoms with Gasteiger partial charge in [-0.1, -0.05) is 13.8 Å². The molecule has 0 bridgehead atoms. The summed E-state index contributed by atoms with van der Waals surface area (Å²) in [6, 6.07) is -0.932. The molecule has 0 fully saturated rings. The summed E-state index contributed by atoms with van der Waals surface area (Å²) >= 11 is 0. The minimum Gasteiger partial charge on any atom is -0.480 e. The van der Waals surface area contributed by atoms with E-state index in [2.05, 4.69) is 10.6 Å². The minimum absolute atomic E-state index is 0.0495. The Labute approximate surface area is 125 Å². The normalized spacial score (nSPS) is 12.3. The van der Waals surface area contributed by atoms with E-state index in [9.17, 15) is 14.4 Å². The molecule has 0 unspecified atom stereocenters. The predicted molar refractivity (Wildman–Crippen MR) is 77.7 cm³/mol.